The van der Waals surface area contributed by atoms with Gasteiger partial charge in [-0.15, -0.1) is 11.3 Å². The van der Waals surface area contributed by atoms with Crippen LogP contribution in [0.1, 0.15) is 21.6 Å². The first-order valence-corrected chi connectivity index (χ1v) is 10.8. The SMILES string of the molecule is Cc1c(CN(C)C(=O)/C=C/c2cnc3c(c2)CN(CC(=O)O)C(=O)N3)sc2ccccc12. The minimum atomic E-state index is -1.09. The van der Waals surface area contributed by atoms with Gasteiger partial charge in [0, 0.05) is 34.5 Å². The molecule has 0 spiro atoms. The molecule has 32 heavy (non-hydrogen) atoms. The van der Waals surface area contributed by atoms with E-state index in [1.165, 1.54) is 26.6 Å². The van der Waals surface area contributed by atoms with Crippen LogP contribution in [0.3, 0.4) is 0 Å². The zero-order valence-corrected chi connectivity index (χ0v) is 18.5. The third-order valence-corrected chi connectivity index (χ3v) is 6.56. The largest absolute Gasteiger partial charge is 0.480 e. The highest BCUT2D eigenvalue weighted by atomic mass is 32.1. The lowest BCUT2D eigenvalue weighted by Gasteiger charge is -2.27. The molecule has 0 bridgehead atoms. The van der Waals surface area contributed by atoms with Crippen molar-refractivity contribution in [1.82, 2.24) is 14.8 Å². The average Bonchev–Trinajstić information content (AvgIpc) is 3.07. The molecule has 0 radical (unpaired) electrons. The molecule has 0 fully saturated rings. The highest BCUT2D eigenvalue weighted by Crippen LogP contribution is 2.31. The molecule has 9 heteroatoms. The topological polar surface area (TPSA) is 103 Å². The van der Waals surface area contributed by atoms with Gasteiger partial charge in [0.2, 0.25) is 5.91 Å². The quantitative estimate of drug-likeness (QED) is 0.558. The number of amides is 3. The van der Waals surface area contributed by atoms with Crippen LogP contribution in [0.25, 0.3) is 16.2 Å². The summed E-state index contributed by atoms with van der Waals surface area (Å²) in [7, 11) is 1.76. The fourth-order valence-corrected chi connectivity index (χ4v) is 4.83. The number of carbonyl (C=O) groups excluding carboxylic acids is 2. The van der Waals surface area contributed by atoms with Gasteiger partial charge in [-0.25, -0.2) is 9.78 Å². The van der Waals surface area contributed by atoms with E-state index in [0.29, 0.717) is 23.5 Å². The minimum Gasteiger partial charge on any atom is -0.480 e. The number of benzene rings is 1. The first kappa shape index (κ1) is 21.5. The number of aliphatic carboxylic acids is 1. The monoisotopic (exact) mass is 450 g/mol. The van der Waals surface area contributed by atoms with Crippen molar-refractivity contribution in [2.24, 2.45) is 0 Å². The molecule has 3 amide bonds. The number of aromatic nitrogens is 1. The van der Waals surface area contributed by atoms with Crippen molar-refractivity contribution in [3.8, 4) is 0 Å². The number of urea groups is 1. The number of pyridine rings is 1. The number of nitrogens with one attached hydrogen (secondary N) is 1. The van der Waals surface area contributed by atoms with Crippen LogP contribution in [0, 0.1) is 6.92 Å². The summed E-state index contributed by atoms with van der Waals surface area (Å²) in [6.45, 7) is 2.34. The predicted octanol–water partition coefficient (Wildman–Crippen LogP) is 3.71. The molecule has 1 aliphatic rings. The number of carboxylic acids is 1. The Morgan fingerprint density at radius 3 is 2.88 bits per heavy atom. The Morgan fingerprint density at radius 1 is 1.34 bits per heavy atom. The molecule has 164 valence electrons. The summed E-state index contributed by atoms with van der Waals surface area (Å²) in [6, 6.07) is 9.50. The van der Waals surface area contributed by atoms with Gasteiger partial charge in [0.05, 0.1) is 13.1 Å². The molecule has 3 heterocycles. The fourth-order valence-electron chi connectivity index (χ4n) is 3.57. The average molecular weight is 451 g/mol. The fraction of sp³-hybridized carbons (Fsp3) is 0.217. The molecule has 2 N–H and O–H groups in total. The van der Waals surface area contributed by atoms with Crippen LogP contribution in [0.15, 0.2) is 42.6 Å². The summed E-state index contributed by atoms with van der Waals surface area (Å²) in [5.41, 5.74) is 2.57. The van der Waals surface area contributed by atoms with Gasteiger partial charge in [-0.1, -0.05) is 18.2 Å². The molecule has 1 aromatic carbocycles. The molecule has 0 aliphatic carbocycles. The molecule has 3 aromatic rings. The van der Waals surface area contributed by atoms with Crippen LogP contribution in [-0.4, -0.2) is 51.4 Å². The molecule has 0 unspecified atom stereocenters. The van der Waals surface area contributed by atoms with Gasteiger partial charge >= 0.3 is 12.0 Å². The molecule has 1 aliphatic heterocycles. The Hall–Kier alpha value is -3.72. The van der Waals surface area contributed by atoms with E-state index in [1.807, 2.05) is 12.1 Å². The number of hydrogen-bond donors (Lipinski definition) is 2. The normalized spacial score (nSPS) is 13.3. The summed E-state index contributed by atoms with van der Waals surface area (Å²) >= 11 is 1.70. The second-order valence-electron chi connectivity index (χ2n) is 7.63. The maximum absolute atomic E-state index is 12.6. The lowest BCUT2D eigenvalue weighted by atomic mass is 10.1. The van der Waals surface area contributed by atoms with Gasteiger partial charge in [0.1, 0.15) is 12.4 Å². The third kappa shape index (κ3) is 4.47. The molecular weight excluding hydrogens is 428 g/mol. The van der Waals surface area contributed by atoms with Crippen molar-refractivity contribution < 1.29 is 19.5 Å². The maximum atomic E-state index is 12.6. The second kappa shape index (κ2) is 8.80. The van der Waals surface area contributed by atoms with Crippen LogP contribution >= 0.6 is 11.3 Å². The molecule has 0 saturated heterocycles. The van der Waals surface area contributed by atoms with Crippen molar-refractivity contribution in [3.05, 3.63) is 64.2 Å². The van der Waals surface area contributed by atoms with Gasteiger partial charge in [-0.3, -0.25) is 14.9 Å². The van der Waals surface area contributed by atoms with E-state index in [1.54, 1.807) is 41.6 Å². The van der Waals surface area contributed by atoms with Gasteiger partial charge in [0.25, 0.3) is 0 Å². The van der Waals surface area contributed by atoms with Gasteiger partial charge in [-0.2, -0.15) is 0 Å². The highest BCUT2D eigenvalue weighted by Gasteiger charge is 2.25. The standard InChI is InChI=1S/C23H22N4O4S/c1-14-17-5-3-4-6-18(17)32-19(14)12-26(2)20(28)8-7-15-9-16-11-27(13-21(29)30)23(31)25-22(16)24-10-15/h3-10H,11-13H2,1-2H3,(H,29,30)(H,24,25,31)/b8-7+. The molecule has 0 saturated carbocycles. The zero-order chi connectivity index (χ0) is 22.8. The van der Waals surface area contributed by atoms with Crippen molar-refractivity contribution in [1.29, 1.82) is 0 Å². The number of nitrogens with zero attached hydrogens (tertiary/aromatic N) is 3. The highest BCUT2D eigenvalue weighted by molar-refractivity contribution is 7.19. The Kier molecular flexibility index (Phi) is 5.91. The van der Waals surface area contributed by atoms with E-state index >= 15 is 0 Å². The number of carbonyl (C=O) groups is 3. The number of aryl methyl sites for hydroxylation is 1. The first-order chi connectivity index (χ1) is 15.3. The number of fused-ring (bicyclic) bond motifs is 2. The van der Waals surface area contributed by atoms with E-state index in [4.69, 9.17) is 5.11 Å². The van der Waals surface area contributed by atoms with Gasteiger partial charge in [0.15, 0.2) is 0 Å². The second-order valence-corrected chi connectivity index (χ2v) is 8.77. The van der Waals surface area contributed by atoms with E-state index in [0.717, 1.165) is 4.88 Å². The molecular formula is C23H22N4O4S. The van der Waals surface area contributed by atoms with E-state index < -0.39 is 18.5 Å². The van der Waals surface area contributed by atoms with Crippen LogP contribution in [0.2, 0.25) is 0 Å². The lowest BCUT2D eigenvalue weighted by Crippen LogP contribution is -2.41. The van der Waals surface area contributed by atoms with E-state index in [9.17, 15) is 14.4 Å². The number of thiophene rings is 1. The molecule has 2 aromatic heterocycles. The van der Waals surface area contributed by atoms with Gasteiger partial charge < -0.3 is 14.9 Å². The summed E-state index contributed by atoms with van der Waals surface area (Å²) in [5, 5.41) is 12.8. The minimum absolute atomic E-state index is 0.139. The summed E-state index contributed by atoms with van der Waals surface area (Å²) in [4.78, 5) is 43.8. The lowest BCUT2D eigenvalue weighted by molar-refractivity contribution is -0.137. The summed E-state index contributed by atoms with van der Waals surface area (Å²) in [6.07, 6.45) is 4.72. The maximum Gasteiger partial charge on any atom is 0.323 e. The summed E-state index contributed by atoms with van der Waals surface area (Å²) < 4.78 is 1.21. The Labute approximate surface area is 188 Å². The van der Waals surface area contributed by atoms with Crippen molar-refractivity contribution in [3.63, 3.8) is 0 Å². The number of rotatable bonds is 6. The van der Waals surface area contributed by atoms with Crippen molar-refractivity contribution in [2.75, 3.05) is 18.9 Å². The molecule has 0 atom stereocenters. The zero-order valence-electron chi connectivity index (χ0n) is 17.7. The number of hydrogen-bond acceptors (Lipinski definition) is 5. The van der Waals surface area contributed by atoms with Crippen LogP contribution in [-0.2, 0) is 22.7 Å². The Bertz CT molecular complexity index is 1250. The first-order valence-electron chi connectivity index (χ1n) is 9.98. The third-order valence-electron chi connectivity index (χ3n) is 5.31. The number of likely N-dealkylation sites (N-methyl/N-ethyl adjacent to an activating group) is 1. The predicted molar refractivity (Wildman–Crippen MR) is 123 cm³/mol. The van der Waals surface area contributed by atoms with Crippen molar-refractivity contribution in [2.45, 2.75) is 20.0 Å². The van der Waals surface area contributed by atoms with Gasteiger partial charge in [-0.05, 0) is 41.6 Å². The number of anilines is 1. The van der Waals surface area contributed by atoms with Crippen molar-refractivity contribution >= 4 is 51.2 Å². The summed E-state index contributed by atoms with van der Waals surface area (Å²) in [5.74, 6) is -0.826. The van der Waals surface area contributed by atoms with E-state index in [-0.39, 0.29) is 12.5 Å². The van der Waals surface area contributed by atoms with Crippen LogP contribution in [0.5, 0.6) is 0 Å². The molecule has 8 nitrogen and oxygen atoms in total. The number of carboxylic acid groups (broad SMARTS) is 1. The smallest absolute Gasteiger partial charge is 0.323 e. The van der Waals surface area contributed by atoms with Crippen LogP contribution in [0.4, 0.5) is 10.6 Å². The molecule has 4 rings (SSSR count). The Balaban J connectivity index is 1.44. The van der Waals surface area contributed by atoms with Crippen LogP contribution < -0.4 is 5.32 Å². The Morgan fingerprint density at radius 2 is 2.12 bits per heavy atom. The van der Waals surface area contributed by atoms with E-state index in [2.05, 4.69) is 29.4 Å².